The highest BCUT2D eigenvalue weighted by Gasteiger charge is 1.97. The Hall–Kier alpha value is -1.09. The van der Waals surface area contributed by atoms with Crippen molar-refractivity contribution in [3.63, 3.8) is 0 Å². The number of carbonyl (C=O) groups is 1. The molecule has 0 fully saturated rings. The minimum Gasteiger partial charge on any atom is -0.478 e. The van der Waals surface area contributed by atoms with Crippen molar-refractivity contribution in [1.29, 1.82) is 0 Å². The first-order chi connectivity index (χ1) is 5.72. The molecule has 0 radical (unpaired) electrons. The van der Waals surface area contributed by atoms with Gasteiger partial charge in [-0.25, -0.2) is 4.79 Å². The van der Waals surface area contributed by atoms with Crippen LogP contribution in [0.25, 0.3) is 0 Å². The van der Waals surface area contributed by atoms with Gasteiger partial charge in [-0.2, -0.15) is 0 Å². The van der Waals surface area contributed by atoms with Crippen molar-refractivity contribution in [3.8, 4) is 0 Å². The molecular formula is C8H10ClNO2. The molecule has 0 atom stereocenters. The van der Waals surface area contributed by atoms with E-state index in [0.29, 0.717) is 0 Å². The van der Waals surface area contributed by atoms with Crippen LogP contribution in [-0.4, -0.2) is 21.9 Å². The van der Waals surface area contributed by atoms with Crippen LogP contribution in [-0.2, 0) is 0 Å². The quantitative estimate of drug-likeness (QED) is 0.685. The van der Waals surface area contributed by atoms with Crippen LogP contribution in [0.5, 0.6) is 0 Å². The lowest BCUT2D eigenvalue weighted by Gasteiger charge is -1.87. The molecule has 1 N–H and O–H groups in total. The van der Waals surface area contributed by atoms with E-state index in [2.05, 4.69) is 4.98 Å². The van der Waals surface area contributed by atoms with Gasteiger partial charge in [0.2, 0.25) is 0 Å². The lowest BCUT2D eigenvalue weighted by atomic mass is 10.3. The normalized spacial score (nSPS) is 8.17. The summed E-state index contributed by atoms with van der Waals surface area (Å²) in [6, 6.07) is 3.08. The molecule has 4 heteroatoms. The number of halogens is 1. The van der Waals surface area contributed by atoms with Crippen molar-refractivity contribution in [1.82, 2.24) is 4.98 Å². The van der Waals surface area contributed by atoms with Crippen LogP contribution in [0.2, 0.25) is 0 Å². The average Bonchev–Trinajstić information content (AvgIpc) is 2.07. The number of alkyl halides is 1. The van der Waals surface area contributed by atoms with E-state index < -0.39 is 5.97 Å². The summed E-state index contributed by atoms with van der Waals surface area (Å²) in [5.41, 5.74) is 0.220. The zero-order valence-corrected chi connectivity index (χ0v) is 7.45. The van der Waals surface area contributed by atoms with Crippen LogP contribution < -0.4 is 0 Å². The third-order valence-electron chi connectivity index (χ3n) is 0.908. The molecule has 0 spiro atoms. The van der Waals surface area contributed by atoms with Gasteiger partial charge in [0, 0.05) is 18.3 Å². The minimum atomic E-state index is -0.942. The number of pyridine rings is 1. The van der Waals surface area contributed by atoms with E-state index in [1.54, 1.807) is 6.07 Å². The van der Waals surface area contributed by atoms with Gasteiger partial charge in [0.25, 0.3) is 0 Å². The Bertz CT molecular complexity index is 226. The summed E-state index contributed by atoms with van der Waals surface area (Å²) < 4.78 is 0. The monoisotopic (exact) mass is 187 g/mol. The molecule has 0 aliphatic rings. The predicted octanol–water partition coefficient (Wildman–Crippen LogP) is 2.02. The van der Waals surface area contributed by atoms with Gasteiger partial charge < -0.3 is 5.11 Å². The summed E-state index contributed by atoms with van der Waals surface area (Å²) in [6.45, 7) is 1.89. The minimum absolute atomic E-state index is 0.220. The second-order valence-electron chi connectivity index (χ2n) is 1.81. The van der Waals surface area contributed by atoms with E-state index in [1.165, 1.54) is 18.5 Å². The van der Waals surface area contributed by atoms with Crippen LogP contribution in [0.1, 0.15) is 17.3 Å². The lowest BCUT2D eigenvalue weighted by molar-refractivity contribution is 0.0696. The Labute approximate surface area is 76.0 Å². The number of nitrogens with zero attached hydrogens (tertiary/aromatic N) is 1. The third-order valence-corrected chi connectivity index (χ3v) is 0.908. The van der Waals surface area contributed by atoms with Gasteiger partial charge >= 0.3 is 5.97 Å². The molecule has 0 unspecified atom stereocenters. The molecule has 1 aromatic heterocycles. The number of carboxylic acids is 1. The van der Waals surface area contributed by atoms with Gasteiger partial charge in [-0.1, -0.05) is 6.92 Å². The molecule has 3 nitrogen and oxygen atoms in total. The van der Waals surface area contributed by atoms with Crippen LogP contribution in [0.3, 0.4) is 0 Å². The first kappa shape index (κ1) is 10.9. The second kappa shape index (κ2) is 6.61. The van der Waals surface area contributed by atoms with Crippen LogP contribution in [0.4, 0.5) is 0 Å². The molecular weight excluding hydrogens is 178 g/mol. The fourth-order valence-electron chi connectivity index (χ4n) is 0.489. The second-order valence-corrected chi connectivity index (χ2v) is 2.35. The van der Waals surface area contributed by atoms with E-state index in [0.717, 1.165) is 5.88 Å². The fraction of sp³-hybridized carbons (Fsp3) is 0.250. The standard InChI is InChI=1S/C6H5NO2.C2H5Cl/c8-6(9)5-2-1-3-7-4-5;1-2-3/h1-4H,(H,8,9);2H2,1H3. The van der Waals surface area contributed by atoms with Gasteiger partial charge in [-0.05, 0) is 12.1 Å². The van der Waals surface area contributed by atoms with Gasteiger partial charge in [-0.3, -0.25) is 4.98 Å². The lowest BCUT2D eigenvalue weighted by Crippen LogP contribution is -1.94. The van der Waals surface area contributed by atoms with E-state index in [1.807, 2.05) is 6.92 Å². The van der Waals surface area contributed by atoms with Gasteiger partial charge in [0.1, 0.15) is 0 Å². The Kier molecular flexibility index (Phi) is 6.01. The van der Waals surface area contributed by atoms with E-state index >= 15 is 0 Å². The number of aromatic carboxylic acids is 1. The molecule has 0 bridgehead atoms. The summed E-state index contributed by atoms with van der Waals surface area (Å²) in [5.74, 6) is -0.219. The maximum atomic E-state index is 10.2. The zero-order valence-electron chi connectivity index (χ0n) is 6.70. The molecule has 0 aliphatic heterocycles. The Morgan fingerprint density at radius 1 is 1.75 bits per heavy atom. The molecule has 0 amide bonds. The Morgan fingerprint density at radius 2 is 2.33 bits per heavy atom. The maximum absolute atomic E-state index is 10.2. The first-order valence-corrected chi connectivity index (χ1v) is 3.95. The number of hydrogen-bond acceptors (Lipinski definition) is 2. The maximum Gasteiger partial charge on any atom is 0.337 e. The zero-order chi connectivity index (χ0) is 9.40. The molecule has 66 valence electrons. The van der Waals surface area contributed by atoms with E-state index in [9.17, 15) is 4.79 Å². The summed E-state index contributed by atoms with van der Waals surface area (Å²) in [7, 11) is 0. The van der Waals surface area contributed by atoms with Gasteiger partial charge in [0.15, 0.2) is 0 Å². The van der Waals surface area contributed by atoms with E-state index in [4.69, 9.17) is 16.7 Å². The number of carboxylic acid groups (broad SMARTS) is 1. The third kappa shape index (κ3) is 4.68. The van der Waals surface area contributed by atoms with Crippen LogP contribution >= 0.6 is 11.6 Å². The topological polar surface area (TPSA) is 50.2 Å². The Morgan fingerprint density at radius 3 is 2.58 bits per heavy atom. The molecule has 1 heterocycles. The first-order valence-electron chi connectivity index (χ1n) is 3.41. The highest BCUT2D eigenvalue weighted by Crippen LogP contribution is 1.92. The largest absolute Gasteiger partial charge is 0.478 e. The average molecular weight is 188 g/mol. The van der Waals surface area contributed by atoms with Gasteiger partial charge in [0.05, 0.1) is 5.56 Å². The fourth-order valence-corrected chi connectivity index (χ4v) is 0.489. The molecule has 0 aromatic carbocycles. The van der Waals surface area contributed by atoms with Gasteiger partial charge in [-0.15, -0.1) is 11.6 Å². The van der Waals surface area contributed by atoms with Crippen molar-refractivity contribution < 1.29 is 9.90 Å². The van der Waals surface area contributed by atoms with Crippen molar-refractivity contribution in [2.24, 2.45) is 0 Å². The van der Waals surface area contributed by atoms with Crippen molar-refractivity contribution in [3.05, 3.63) is 30.1 Å². The molecule has 0 aliphatic carbocycles. The Balaban J connectivity index is 0.000000354. The smallest absolute Gasteiger partial charge is 0.337 e. The summed E-state index contributed by atoms with van der Waals surface area (Å²) in [4.78, 5) is 13.8. The molecule has 0 saturated heterocycles. The van der Waals surface area contributed by atoms with Crippen molar-refractivity contribution in [2.45, 2.75) is 6.92 Å². The number of rotatable bonds is 1. The summed E-state index contributed by atoms with van der Waals surface area (Å²) >= 11 is 5.00. The molecule has 12 heavy (non-hydrogen) atoms. The highest BCUT2D eigenvalue weighted by molar-refractivity contribution is 6.17. The van der Waals surface area contributed by atoms with Crippen LogP contribution in [0.15, 0.2) is 24.5 Å². The SMILES string of the molecule is CCCl.O=C(O)c1cccnc1. The van der Waals surface area contributed by atoms with Crippen molar-refractivity contribution in [2.75, 3.05) is 5.88 Å². The molecule has 1 aromatic rings. The molecule has 0 saturated carbocycles. The van der Waals surface area contributed by atoms with Crippen molar-refractivity contribution >= 4 is 17.6 Å². The molecule has 1 rings (SSSR count). The summed E-state index contributed by atoms with van der Waals surface area (Å²) in [6.07, 6.45) is 2.84. The number of hydrogen-bond donors (Lipinski definition) is 1. The summed E-state index contributed by atoms with van der Waals surface area (Å²) in [5, 5.41) is 8.34. The van der Waals surface area contributed by atoms with Crippen LogP contribution in [0, 0.1) is 0 Å². The van der Waals surface area contributed by atoms with E-state index in [-0.39, 0.29) is 5.56 Å². The highest BCUT2D eigenvalue weighted by atomic mass is 35.5. The number of aromatic nitrogens is 1. The predicted molar refractivity (Wildman–Crippen MR) is 47.6 cm³/mol.